The summed E-state index contributed by atoms with van der Waals surface area (Å²) < 4.78 is 11.2. The number of nitrogens with one attached hydrogen (secondary N) is 1. The van der Waals surface area contributed by atoms with E-state index in [4.69, 9.17) is 9.47 Å². The largest absolute Gasteiger partial charge is 0.394 e. The van der Waals surface area contributed by atoms with Gasteiger partial charge in [0.05, 0.1) is 25.4 Å². The normalized spacial score (nSPS) is 19.8. The van der Waals surface area contributed by atoms with E-state index < -0.39 is 49.5 Å². The van der Waals surface area contributed by atoms with Crippen molar-refractivity contribution in [2.75, 3.05) is 13.2 Å². The monoisotopic (exact) mass is 950 g/mol. The van der Waals surface area contributed by atoms with Crippen molar-refractivity contribution in [3.63, 3.8) is 0 Å². The van der Waals surface area contributed by atoms with Crippen LogP contribution < -0.4 is 5.32 Å². The van der Waals surface area contributed by atoms with Crippen LogP contribution in [0.25, 0.3) is 0 Å². The first kappa shape index (κ1) is 63.7. The van der Waals surface area contributed by atoms with E-state index >= 15 is 0 Å². The Hall–Kier alpha value is -1.33. The Kier molecular flexibility index (Phi) is 45.9. The zero-order valence-electron chi connectivity index (χ0n) is 43.9. The minimum atomic E-state index is -1.57. The van der Waals surface area contributed by atoms with Crippen LogP contribution in [0.3, 0.4) is 0 Å². The lowest BCUT2D eigenvalue weighted by Crippen LogP contribution is -2.60. The number of amides is 1. The van der Waals surface area contributed by atoms with Crippen LogP contribution in [0.5, 0.6) is 0 Å². The molecule has 1 aliphatic rings. The average Bonchev–Trinajstić information content (AvgIpc) is 3.33. The van der Waals surface area contributed by atoms with Gasteiger partial charge < -0.3 is 40.3 Å². The molecule has 9 nitrogen and oxygen atoms in total. The molecule has 1 heterocycles. The molecule has 1 saturated heterocycles. The van der Waals surface area contributed by atoms with Gasteiger partial charge in [0.2, 0.25) is 5.91 Å². The molecule has 0 bridgehead atoms. The Morgan fingerprint density at radius 2 is 0.851 bits per heavy atom. The van der Waals surface area contributed by atoms with Crippen molar-refractivity contribution >= 4 is 5.91 Å². The van der Waals surface area contributed by atoms with Crippen LogP contribution in [0, 0.1) is 0 Å². The number of carbonyl (C=O) groups is 1. The molecule has 1 fully saturated rings. The van der Waals surface area contributed by atoms with Gasteiger partial charge in [0.25, 0.3) is 0 Å². The lowest BCUT2D eigenvalue weighted by atomic mass is 9.99. The van der Waals surface area contributed by atoms with Crippen LogP contribution in [0.2, 0.25) is 0 Å². The SMILES string of the molecule is CCCCCCCCCCC/C=C/CC/C=C/C(O)C(COC1OC(CO)C(O)C(O)C1O)NC(=O)CCCCCCCCCCCCCCCCCCCCCCCCCCCCCCC. The van der Waals surface area contributed by atoms with Crippen LogP contribution >= 0.6 is 0 Å². The summed E-state index contributed by atoms with van der Waals surface area (Å²) in [4.78, 5) is 13.0. The van der Waals surface area contributed by atoms with Crippen LogP contribution in [-0.4, -0.2) is 87.5 Å². The van der Waals surface area contributed by atoms with E-state index in [0.29, 0.717) is 6.42 Å². The summed E-state index contributed by atoms with van der Waals surface area (Å²) >= 11 is 0. The second-order valence-corrected chi connectivity index (χ2v) is 20.4. The summed E-state index contributed by atoms with van der Waals surface area (Å²) in [6, 6.07) is -0.818. The van der Waals surface area contributed by atoms with Gasteiger partial charge in [0.1, 0.15) is 24.4 Å². The minimum absolute atomic E-state index is 0.181. The smallest absolute Gasteiger partial charge is 0.220 e. The predicted octanol–water partition coefficient (Wildman–Crippen LogP) is 14.2. The van der Waals surface area contributed by atoms with E-state index in [1.807, 2.05) is 6.08 Å². The van der Waals surface area contributed by atoms with Gasteiger partial charge in [-0.25, -0.2) is 0 Å². The second kappa shape index (κ2) is 48.3. The van der Waals surface area contributed by atoms with E-state index in [9.17, 15) is 30.3 Å². The molecule has 9 heteroatoms. The molecule has 1 aliphatic heterocycles. The van der Waals surface area contributed by atoms with Crippen molar-refractivity contribution in [3.8, 4) is 0 Å². The number of unbranched alkanes of at least 4 members (excludes halogenated alkanes) is 38. The van der Waals surface area contributed by atoms with Gasteiger partial charge in [-0.05, 0) is 32.1 Å². The van der Waals surface area contributed by atoms with Crippen molar-refractivity contribution in [1.82, 2.24) is 5.32 Å². The van der Waals surface area contributed by atoms with Crippen molar-refractivity contribution < 1.29 is 39.8 Å². The molecule has 0 aliphatic carbocycles. The highest BCUT2D eigenvalue weighted by Crippen LogP contribution is 2.23. The van der Waals surface area contributed by atoms with Crippen molar-refractivity contribution in [3.05, 3.63) is 24.3 Å². The Bertz CT molecular complexity index is 1100. The maximum absolute atomic E-state index is 13.0. The minimum Gasteiger partial charge on any atom is -0.394 e. The fraction of sp³-hybridized carbons (Fsp3) is 0.914. The average molecular weight is 951 g/mol. The summed E-state index contributed by atoms with van der Waals surface area (Å²) in [6.07, 6.45) is 54.0. The van der Waals surface area contributed by atoms with Gasteiger partial charge in [-0.3, -0.25) is 4.79 Å². The van der Waals surface area contributed by atoms with E-state index in [0.717, 1.165) is 38.5 Å². The first-order valence-electron chi connectivity index (χ1n) is 29.1. The molecule has 1 rings (SSSR count). The van der Waals surface area contributed by atoms with Crippen LogP contribution in [0.4, 0.5) is 0 Å². The lowest BCUT2D eigenvalue weighted by Gasteiger charge is -2.40. The Morgan fingerprint density at radius 1 is 0.493 bits per heavy atom. The maximum atomic E-state index is 13.0. The standard InChI is InChI=1S/C58H111NO8/c1-3-5-7-9-11-13-15-17-19-20-21-22-23-24-25-26-27-28-29-30-31-32-34-36-38-40-42-44-46-48-54(62)59-51(50-66-58-57(65)56(64)55(63)53(49-60)67-58)52(61)47-45-43-41-39-37-35-33-18-16-14-12-10-8-6-4-2/h37,39,45,47,51-53,55-58,60-61,63-65H,3-36,38,40-44,46,48-50H2,1-2H3,(H,59,62)/b39-37+,47-45+. The molecule has 6 N–H and O–H groups in total. The van der Waals surface area contributed by atoms with Gasteiger partial charge in [0, 0.05) is 6.42 Å². The highest BCUT2D eigenvalue weighted by atomic mass is 16.7. The van der Waals surface area contributed by atoms with Gasteiger partial charge in [-0.15, -0.1) is 0 Å². The number of ether oxygens (including phenoxy) is 2. The molecular weight excluding hydrogens is 839 g/mol. The molecular formula is C58H111NO8. The number of hydrogen-bond donors (Lipinski definition) is 6. The van der Waals surface area contributed by atoms with Gasteiger partial charge in [-0.2, -0.15) is 0 Å². The van der Waals surface area contributed by atoms with Crippen LogP contribution in [0.15, 0.2) is 24.3 Å². The van der Waals surface area contributed by atoms with Crippen molar-refractivity contribution in [1.29, 1.82) is 0 Å². The third-order valence-corrected chi connectivity index (χ3v) is 14.0. The number of carbonyl (C=O) groups excluding carboxylic acids is 1. The highest BCUT2D eigenvalue weighted by Gasteiger charge is 2.44. The van der Waals surface area contributed by atoms with Crippen LogP contribution in [0.1, 0.15) is 284 Å². The first-order chi connectivity index (χ1) is 32.8. The summed E-state index contributed by atoms with van der Waals surface area (Å²) in [5, 5.41) is 54.4. The van der Waals surface area contributed by atoms with E-state index in [1.165, 1.54) is 225 Å². The van der Waals surface area contributed by atoms with Gasteiger partial charge >= 0.3 is 0 Å². The molecule has 0 radical (unpaired) electrons. The maximum Gasteiger partial charge on any atom is 0.220 e. The zero-order valence-corrected chi connectivity index (χ0v) is 43.9. The molecule has 0 saturated carbocycles. The zero-order chi connectivity index (χ0) is 48.7. The number of aliphatic hydroxyl groups excluding tert-OH is 5. The summed E-state index contributed by atoms with van der Waals surface area (Å²) in [5.74, 6) is -0.181. The van der Waals surface area contributed by atoms with Crippen molar-refractivity contribution in [2.45, 2.75) is 326 Å². The topological polar surface area (TPSA) is 149 Å². The molecule has 0 aromatic heterocycles. The third kappa shape index (κ3) is 38.1. The quantitative estimate of drug-likeness (QED) is 0.0261. The second-order valence-electron chi connectivity index (χ2n) is 20.4. The highest BCUT2D eigenvalue weighted by molar-refractivity contribution is 5.76. The van der Waals surface area contributed by atoms with E-state index in [1.54, 1.807) is 6.08 Å². The molecule has 0 spiro atoms. The fourth-order valence-electron chi connectivity index (χ4n) is 9.41. The van der Waals surface area contributed by atoms with E-state index in [2.05, 4.69) is 31.3 Å². The number of aliphatic hydroxyl groups is 5. The predicted molar refractivity (Wildman–Crippen MR) is 281 cm³/mol. The molecule has 0 aromatic carbocycles. The number of allylic oxidation sites excluding steroid dienone is 3. The molecule has 7 unspecified atom stereocenters. The Balaban J connectivity index is 2.16. The molecule has 0 aromatic rings. The lowest BCUT2D eigenvalue weighted by molar-refractivity contribution is -0.302. The van der Waals surface area contributed by atoms with Crippen LogP contribution in [-0.2, 0) is 14.3 Å². The first-order valence-corrected chi connectivity index (χ1v) is 29.1. The molecule has 67 heavy (non-hydrogen) atoms. The Labute approximate surface area is 413 Å². The third-order valence-electron chi connectivity index (χ3n) is 14.0. The summed E-state index contributed by atoms with van der Waals surface area (Å²) in [7, 11) is 0. The van der Waals surface area contributed by atoms with Gasteiger partial charge in [0.15, 0.2) is 6.29 Å². The fourth-order valence-corrected chi connectivity index (χ4v) is 9.41. The van der Waals surface area contributed by atoms with E-state index in [-0.39, 0.29) is 12.5 Å². The van der Waals surface area contributed by atoms with Gasteiger partial charge in [-0.1, -0.05) is 269 Å². The summed E-state index contributed by atoms with van der Waals surface area (Å²) in [6.45, 7) is 3.79. The molecule has 396 valence electrons. The number of rotatable bonds is 50. The Morgan fingerprint density at radius 3 is 1.25 bits per heavy atom. The molecule has 1 amide bonds. The summed E-state index contributed by atoms with van der Waals surface area (Å²) in [5.41, 5.74) is 0. The number of hydrogen-bond acceptors (Lipinski definition) is 8. The van der Waals surface area contributed by atoms with Crippen molar-refractivity contribution in [2.24, 2.45) is 0 Å². The molecule has 7 atom stereocenters.